The Kier molecular flexibility index (Phi) is 16.3. The molecule has 0 amide bonds. The number of hydrogen-bond acceptors (Lipinski definition) is 1. The van der Waals surface area contributed by atoms with E-state index in [1.54, 1.807) is 0 Å². The van der Waals surface area contributed by atoms with Crippen molar-refractivity contribution in [3.05, 3.63) is 10.4 Å². The van der Waals surface area contributed by atoms with Crippen molar-refractivity contribution >= 4 is 29.6 Å². The third-order valence-electron chi connectivity index (χ3n) is 1.42. The molecule has 0 radical (unpaired) electrons. The normalized spacial score (nSPS) is 8.09. The maximum atomic E-state index is 7.93. The van der Waals surface area contributed by atoms with Crippen LogP contribution >= 0.6 is 0 Å². The molecule has 11 heavy (non-hydrogen) atoms. The molecule has 0 aliphatic rings. The molecule has 0 saturated heterocycles. The van der Waals surface area contributed by atoms with Crippen LogP contribution in [0.3, 0.4) is 0 Å². The molecule has 4 heteroatoms. The van der Waals surface area contributed by atoms with Crippen LogP contribution in [0.25, 0.3) is 10.4 Å². The van der Waals surface area contributed by atoms with E-state index in [-0.39, 0.29) is 29.6 Å². The van der Waals surface area contributed by atoms with E-state index in [4.69, 9.17) is 5.53 Å². The summed E-state index contributed by atoms with van der Waals surface area (Å²) in [5.74, 6) is 0. The second kappa shape index (κ2) is 12.9. The Morgan fingerprint density at radius 2 is 1.82 bits per heavy atom. The number of rotatable bonds is 6. The van der Waals surface area contributed by atoms with Crippen LogP contribution in [0.4, 0.5) is 0 Å². The number of unbranched alkanes of at least 4 members (excludes halogenated alkanes) is 4. The Bertz CT molecular complexity index is 110. The summed E-state index contributed by atoms with van der Waals surface area (Å²) in [7, 11) is 0. The average molecular weight is 165 g/mol. The van der Waals surface area contributed by atoms with Crippen LogP contribution in [0.1, 0.15) is 39.0 Å². The van der Waals surface area contributed by atoms with E-state index in [0.717, 1.165) is 6.42 Å². The van der Waals surface area contributed by atoms with Gasteiger partial charge in [-0.3, -0.25) is 0 Å². The Hall–Kier alpha value is 0.310. The molecular weight excluding hydrogens is 149 g/mol. The zero-order valence-electron chi connectivity index (χ0n) is 6.58. The minimum absolute atomic E-state index is 0. The zero-order chi connectivity index (χ0) is 7.66. The summed E-state index contributed by atoms with van der Waals surface area (Å²) < 4.78 is 0. The van der Waals surface area contributed by atoms with Crippen LogP contribution in [-0.2, 0) is 0 Å². The first-order valence-electron chi connectivity index (χ1n) is 3.92. The van der Waals surface area contributed by atoms with Gasteiger partial charge in [0.05, 0.1) is 0 Å². The predicted octanol–water partition coefficient (Wildman–Crippen LogP) is 2.62. The first kappa shape index (κ1) is 13.9. The van der Waals surface area contributed by atoms with Crippen molar-refractivity contribution in [1.29, 1.82) is 0 Å². The van der Waals surface area contributed by atoms with Gasteiger partial charge in [0.1, 0.15) is 0 Å². The molecule has 0 bridgehead atoms. The van der Waals surface area contributed by atoms with E-state index in [2.05, 4.69) is 16.9 Å². The summed E-state index contributed by atoms with van der Waals surface area (Å²) in [6, 6.07) is 0. The van der Waals surface area contributed by atoms with Crippen molar-refractivity contribution < 1.29 is 0 Å². The van der Waals surface area contributed by atoms with E-state index in [1.807, 2.05) is 0 Å². The Morgan fingerprint density at radius 3 is 2.36 bits per heavy atom. The summed E-state index contributed by atoms with van der Waals surface area (Å²) >= 11 is 0. The Balaban J connectivity index is 0. The van der Waals surface area contributed by atoms with Gasteiger partial charge in [-0.15, -0.1) is 0 Å². The second-order valence-electron chi connectivity index (χ2n) is 2.37. The van der Waals surface area contributed by atoms with Gasteiger partial charge in [-0.25, -0.2) is 0 Å². The molecule has 0 aromatic carbocycles. The quantitative estimate of drug-likeness (QED) is 0.191. The van der Waals surface area contributed by atoms with Crippen molar-refractivity contribution in [3.8, 4) is 0 Å². The first-order valence-corrected chi connectivity index (χ1v) is 3.92. The molecular formula is C7H16N3Na. The fraction of sp³-hybridized carbons (Fsp3) is 1.00. The van der Waals surface area contributed by atoms with Gasteiger partial charge in [0.25, 0.3) is 0 Å². The molecule has 0 aliphatic carbocycles. The summed E-state index contributed by atoms with van der Waals surface area (Å²) in [5, 5.41) is 3.45. The molecule has 0 aliphatic heterocycles. The van der Waals surface area contributed by atoms with Crippen LogP contribution in [0.5, 0.6) is 0 Å². The van der Waals surface area contributed by atoms with E-state index in [9.17, 15) is 0 Å². The molecule has 0 spiro atoms. The molecule has 0 unspecified atom stereocenters. The Morgan fingerprint density at radius 1 is 1.18 bits per heavy atom. The van der Waals surface area contributed by atoms with Crippen molar-refractivity contribution in [2.45, 2.75) is 39.0 Å². The Labute approximate surface area is 90.5 Å². The van der Waals surface area contributed by atoms with E-state index >= 15 is 0 Å². The van der Waals surface area contributed by atoms with Crippen LogP contribution < -0.4 is 0 Å². The molecule has 0 aromatic heterocycles. The summed E-state index contributed by atoms with van der Waals surface area (Å²) in [6.45, 7) is 2.85. The van der Waals surface area contributed by atoms with Gasteiger partial charge in [-0.2, -0.15) is 0 Å². The molecule has 0 rings (SSSR count). The summed E-state index contributed by atoms with van der Waals surface area (Å²) in [5.41, 5.74) is 7.93. The second-order valence-corrected chi connectivity index (χ2v) is 2.37. The van der Waals surface area contributed by atoms with E-state index in [1.165, 1.54) is 25.7 Å². The van der Waals surface area contributed by atoms with Crippen molar-refractivity contribution in [1.82, 2.24) is 0 Å². The van der Waals surface area contributed by atoms with Gasteiger partial charge < -0.3 is 0 Å². The van der Waals surface area contributed by atoms with Gasteiger partial charge in [0, 0.05) is 11.5 Å². The average Bonchev–Trinajstić information content (AvgIpc) is 1.97. The SMILES string of the molecule is CCCCCCCN=[N+]=[N-].[NaH]. The predicted molar refractivity (Wildman–Crippen MR) is 49.9 cm³/mol. The topological polar surface area (TPSA) is 48.8 Å². The molecule has 0 fully saturated rings. The summed E-state index contributed by atoms with van der Waals surface area (Å²) in [4.78, 5) is 2.68. The third-order valence-corrected chi connectivity index (χ3v) is 1.42. The number of azide groups is 1. The summed E-state index contributed by atoms with van der Waals surface area (Å²) in [6.07, 6.45) is 6.09. The minimum atomic E-state index is 0. The molecule has 0 saturated carbocycles. The van der Waals surface area contributed by atoms with Gasteiger partial charge in [0.2, 0.25) is 0 Å². The molecule has 0 heterocycles. The maximum absolute atomic E-state index is 7.93. The first-order chi connectivity index (χ1) is 4.91. The zero-order valence-corrected chi connectivity index (χ0v) is 6.58. The number of hydrogen-bond donors (Lipinski definition) is 0. The van der Waals surface area contributed by atoms with Gasteiger partial charge in [0.15, 0.2) is 0 Å². The van der Waals surface area contributed by atoms with Gasteiger partial charge in [-0.1, -0.05) is 37.7 Å². The molecule has 0 aromatic rings. The molecule has 0 N–H and O–H groups in total. The van der Waals surface area contributed by atoms with Crippen LogP contribution in [0.2, 0.25) is 0 Å². The fourth-order valence-corrected chi connectivity index (χ4v) is 0.831. The van der Waals surface area contributed by atoms with Crippen molar-refractivity contribution in [3.63, 3.8) is 0 Å². The fourth-order valence-electron chi connectivity index (χ4n) is 0.831. The molecule has 60 valence electrons. The van der Waals surface area contributed by atoms with Crippen molar-refractivity contribution in [2.75, 3.05) is 6.54 Å². The standard InChI is InChI=1S/C7H15N3.Na.H/c1-2-3-4-5-6-7-9-10-8;;/h2-7H2,1H3;;. The van der Waals surface area contributed by atoms with Crippen LogP contribution in [0, 0.1) is 0 Å². The van der Waals surface area contributed by atoms with Crippen LogP contribution in [-0.4, -0.2) is 36.1 Å². The van der Waals surface area contributed by atoms with Crippen molar-refractivity contribution in [2.24, 2.45) is 5.11 Å². The molecule has 3 nitrogen and oxygen atoms in total. The van der Waals surface area contributed by atoms with Crippen LogP contribution in [0.15, 0.2) is 5.11 Å². The third kappa shape index (κ3) is 13.3. The van der Waals surface area contributed by atoms with Gasteiger partial charge >= 0.3 is 29.6 Å². The monoisotopic (exact) mass is 165 g/mol. The van der Waals surface area contributed by atoms with E-state index in [0.29, 0.717) is 6.54 Å². The number of nitrogens with zero attached hydrogens (tertiary/aromatic N) is 3. The van der Waals surface area contributed by atoms with E-state index < -0.39 is 0 Å². The molecule has 0 atom stereocenters. The van der Waals surface area contributed by atoms with Gasteiger partial charge in [-0.05, 0) is 12.0 Å².